The number of para-hydroxylation sites is 1. The third-order valence-electron chi connectivity index (χ3n) is 4.81. The first-order chi connectivity index (χ1) is 15.9. The van der Waals surface area contributed by atoms with Crippen molar-refractivity contribution in [1.82, 2.24) is 9.13 Å². The van der Waals surface area contributed by atoms with Crippen molar-refractivity contribution in [2.24, 2.45) is 14.1 Å². The predicted molar refractivity (Wildman–Crippen MR) is 121 cm³/mol. The number of benzene rings is 2. The summed E-state index contributed by atoms with van der Waals surface area (Å²) in [6, 6.07) is 15.4. The normalized spacial score (nSPS) is 10.5. The summed E-state index contributed by atoms with van der Waals surface area (Å²) in [5, 5.41) is 0. The molecule has 0 saturated carbocycles. The average Bonchev–Trinajstić information content (AvgIpc) is 2.83. The van der Waals surface area contributed by atoms with Gasteiger partial charge in [-0.05, 0) is 37.3 Å². The van der Waals surface area contributed by atoms with Crippen LogP contribution in [0.1, 0.15) is 23.0 Å². The monoisotopic (exact) mass is 454 g/mol. The van der Waals surface area contributed by atoms with Crippen molar-refractivity contribution in [1.29, 1.82) is 0 Å². The molecular weight excluding hydrogens is 428 g/mol. The van der Waals surface area contributed by atoms with Gasteiger partial charge >= 0.3 is 11.7 Å². The van der Waals surface area contributed by atoms with Crippen molar-refractivity contribution in [3.8, 4) is 17.2 Å². The number of aromatic nitrogens is 2. The van der Waals surface area contributed by atoms with Gasteiger partial charge in [0.2, 0.25) is 0 Å². The van der Waals surface area contributed by atoms with Gasteiger partial charge in [0.15, 0.2) is 11.5 Å². The van der Waals surface area contributed by atoms with Crippen LogP contribution in [0, 0.1) is 0 Å². The molecule has 0 spiro atoms. The first kappa shape index (κ1) is 23.6. The van der Waals surface area contributed by atoms with Crippen molar-refractivity contribution in [3.05, 3.63) is 86.7 Å². The van der Waals surface area contributed by atoms with Crippen LogP contribution in [0.15, 0.2) is 64.2 Å². The fourth-order valence-electron chi connectivity index (χ4n) is 2.99. The van der Waals surface area contributed by atoms with Gasteiger partial charge in [-0.1, -0.05) is 18.2 Å². The molecule has 0 aliphatic rings. The first-order valence-electron chi connectivity index (χ1n) is 10.4. The Labute approximate surface area is 190 Å². The largest absolute Gasteiger partial charge is 0.490 e. The molecule has 3 aromatic rings. The van der Waals surface area contributed by atoms with Gasteiger partial charge in [0.25, 0.3) is 5.56 Å². The topological polar surface area (TPSA) is 98.0 Å². The minimum absolute atomic E-state index is 0.223. The van der Waals surface area contributed by atoms with Crippen LogP contribution < -0.4 is 25.5 Å². The van der Waals surface area contributed by atoms with Crippen LogP contribution in [0.25, 0.3) is 0 Å². The van der Waals surface area contributed by atoms with E-state index in [1.807, 2.05) is 37.3 Å². The summed E-state index contributed by atoms with van der Waals surface area (Å²) in [7, 11) is 2.89. The number of carbonyl (C=O) groups excluding carboxylic acids is 1. The van der Waals surface area contributed by atoms with Crippen molar-refractivity contribution in [2.45, 2.75) is 13.5 Å². The lowest BCUT2D eigenvalue weighted by Gasteiger charge is -2.14. The zero-order valence-electron chi connectivity index (χ0n) is 18.8. The molecule has 0 bridgehead atoms. The molecule has 0 saturated heterocycles. The number of carbonyl (C=O) groups is 1. The highest BCUT2D eigenvalue weighted by atomic mass is 16.5. The molecule has 9 heteroatoms. The van der Waals surface area contributed by atoms with Crippen molar-refractivity contribution < 1.29 is 23.7 Å². The van der Waals surface area contributed by atoms with Crippen LogP contribution in [0.2, 0.25) is 0 Å². The Kier molecular flexibility index (Phi) is 7.91. The summed E-state index contributed by atoms with van der Waals surface area (Å²) >= 11 is 0. The van der Waals surface area contributed by atoms with E-state index in [0.717, 1.165) is 10.3 Å². The number of hydrogen-bond acceptors (Lipinski definition) is 7. The van der Waals surface area contributed by atoms with E-state index >= 15 is 0 Å². The number of ether oxygens (including phenoxy) is 4. The summed E-state index contributed by atoms with van der Waals surface area (Å²) in [4.78, 5) is 36.4. The molecule has 2 aromatic carbocycles. The summed E-state index contributed by atoms with van der Waals surface area (Å²) in [5.74, 6) is 0.993. The lowest BCUT2D eigenvalue weighted by atomic mass is 10.2. The van der Waals surface area contributed by atoms with Crippen molar-refractivity contribution in [3.63, 3.8) is 0 Å². The minimum Gasteiger partial charge on any atom is -0.490 e. The number of hydrogen-bond donors (Lipinski definition) is 0. The molecule has 0 N–H and O–H groups in total. The van der Waals surface area contributed by atoms with Crippen LogP contribution in [0.5, 0.6) is 17.2 Å². The minimum atomic E-state index is -0.622. The predicted octanol–water partition coefficient (Wildman–Crippen LogP) is 2.30. The van der Waals surface area contributed by atoms with E-state index in [1.54, 1.807) is 12.1 Å². The van der Waals surface area contributed by atoms with Gasteiger partial charge in [-0.15, -0.1) is 0 Å². The molecule has 0 amide bonds. The van der Waals surface area contributed by atoms with Crippen LogP contribution in [-0.2, 0) is 25.4 Å². The molecule has 0 aliphatic heterocycles. The van der Waals surface area contributed by atoms with E-state index in [9.17, 15) is 14.4 Å². The Morgan fingerprint density at radius 3 is 2.30 bits per heavy atom. The molecule has 0 radical (unpaired) electrons. The average molecular weight is 454 g/mol. The van der Waals surface area contributed by atoms with Crippen molar-refractivity contribution in [2.75, 3.05) is 19.8 Å². The standard InChI is InChI=1S/C24H26N2O7/c1-4-30-21-14-17(10-11-20(21)32-13-12-31-19-8-6-5-7-9-19)23(28)33-16-18-15-22(27)26(3)24(29)25(18)2/h5-11,14-15H,4,12-13,16H2,1-3H3. The number of rotatable bonds is 10. The Morgan fingerprint density at radius 1 is 0.848 bits per heavy atom. The molecule has 1 heterocycles. The quantitative estimate of drug-likeness (QED) is 0.342. The number of esters is 1. The second kappa shape index (κ2) is 11.0. The van der Waals surface area contributed by atoms with Gasteiger partial charge in [-0.3, -0.25) is 13.9 Å². The van der Waals surface area contributed by atoms with E-state index in [-0.39, 0.29) is 18.8 Å². The maximum atomic E-state index is 12.5. The molecule has 0 fully saturated rings. The second-order valence-electron chi connectivity index (χ2n) is 7.06. The zero-order chi connectivity index (χ0) is 23.8. The van der Waals surface area contributed by atoms with E-state index in [2.05, 4.69) is 0 Å². The highest BCUT2D eigenvalue weighted by Gasteiger charge is 2.15. The Hall–Kier alpha value is -4.01. The Bertz CT molecular complexity index is 1220. The zero-order valence-corrected chi connectivity index (χ0v) is 18.8. The van der Waals surface area contributed by atoms with Crippen molar-refractivity contribution >= 4 is 5.97 Å². The SMILES string of the molecule is CCOc1cc(C(=O)OCc2cc(=O)n(C)c(=O)n2C)ccc1OCCOc1ccccc1. The van der Waals surface area contributed by atoms with Gasteiger partial charge in [-0.2, -0.15) is 0 Å². The van der Waals surface area contributed by atoms with Crippen LogP contribution in [0.3, 0.4) is 0 Å². The van der Waals surface area contributed by atoms with Crippen LogP contribution in [0.4, 0.5) is 0 Å². The van der Waals surface area contributed by atoms with E-state index in [0.29, 0.717) is 30.4 Å². The van der Waals surface area contributed by atoms with Crippen LogP contribution >= 0.6 is 0 Å². The van der Waals surface area contributed by atoms with E-state index in [1.165, 1.54) is 30.8 Å². The molecule has 174 valence electrons. The molecule has 0 atom stereocenters. The Balaban J connectivity index is 1.63. The first-order valence-corrected chi connectivity index (χ1v) is 10.4. The highest BCUT2D eigenvalue weighted by Crippen LogP contribution is 2.29. The maximum Gasteiger partial charge on any atom is 0.338 e. The fraction of sp³-hybridized carbons (Fsp3) is 0.292. The lowest BCUT2D eigenvalue weighted by Crippen LogP contribution is -2.38. The fourth-order valence-corrected chi connectivity index (χ4v) is 2.99. The van der Waals surface area contributed by atoms with Gasteiger partial charge in [0.1, 0.15) is 25.6 Å². The molecule has 0 unspecified atom stereocenters. The summed E-state index contributed by atoms with van der Waals surface area (Å²) in [6.07, 6.45) is 0. The third-order valence-corrected chi connectivity index (χ3v) is 4.81. The number of nitrogens with zero attached hydrogens (tertiary/aromatic N) is 2. The van der Waals surface area contributed by atoms with E-state index < -0.39 is 17.2 Å². The van der Waals surface area contributed by atoms with Gasteiger partial charge in [0, 0.05) is 20.2 Å². The molecular formula is C24H26N2O7. The molecule has 33 heavy (non-hydrogen) atoms. The second-order valence-corrected chi connectivity index (χ2v) is 7.06. The maximum absolute atomic E-state index is 12.5. The molecule has 0 aliphatic carbocycles. The highest BCUT2D eigenvalue weighted by molar-refractivity contribution is 5.90. The van der Waals surface area contributed by atoms with E-state index in [4.69, 9.17) is 18.9 Å². The lowest BCUT2D eigenvalue weighted by molar-refractivity contribution is 0.0462. The molecule has 9 nitrogen and oxygen atoms in total. The molecule has 3 rings (SSSR count). The van der Waals surface area contributed by atoms with Crippen LogP contribution in [-0.4, -0.2) is 34.9 Å². The third kappa shape index (κ3) is 6.03. The summed E-state index contributed by atoms with van der Waals surface area (Å²) in [5.41, 5.74) is -0.425. The van der Waals surface area contributed by atoms with Gasteiger partial charge in [0.05, 0.1) is 17.9 Å². The Morgan fingerprint density at radius 2 is 1.58 bits per heavy atom. The smallest absolute Gasteiger partial charge is 0.338 e. The summed E-state index contributed by atoms with van der Waals surface area (Å²) < 4.78 is 24.5. The molecule has 1 aromatic heterocycles. The van der Waals surface area contributed by atoms with Gasteiger partial charge in [-0.25, -0.2) is 9.59 Å². The summed E-state index contributed by atoms with van der Waals surface area (Å²) in [6.45, 7) is 2.61. The van der Waals surface area contributed by atoms with Gasteiger partial charge < -0.3 is 18.9 Å².